The highest BCUT2D eigenvalue weighted by atomic mass is 32.2. The summed E-state index contributed by atoms with van der Waals surface area (Å²) in [6, 6.07) is 2.78. The minimum absolute atomic E-state index is 0.0231. The molecule has 0 radical (unpaired) electrons. The number of urea groups is 1. The number of sulfonamides is 1. The van der Waals surface area contributed by atoms with Crippen molar-refractivity contribution < 1.29 is 32.3 Å². The van der Waals surface area contributed by atoms with Gasteiger partial charge in [-0.25, -0.2) is 13.2 Å². The van der Waals surface area contributed by atoms with Crippen LogP contribution in [0, 0.1) is 11.3 Å². The Morgan fingerprint density at radius 3 is 2.63 bits per heavy atom. The van der Waals surface area contributed by atoms with E-state index in [1.807, 2.05) is 39.0 Å². The smallest absolute Gasteiger partial charge is 0.315 e. The number of fused-ring (bicyclic) bond motifs is 8. The predicted octanol–water partition coefficient (Wildman–Crippen LogP) is 1.55. The van der Waals surface area contributed by atoms with Crippen molar-refractivity contribution in [3.63, 3.8) is 0 Å². The third-order valence-electron chi connectivity index (χ3n) is 9.89. The molecule has 3 heterocycles. The molecule has 16 nitrogen and oxygen atoms in total. The van der Waals surface area contributed by atoms with Crippen LogP contribution in [0.2, 0.25) is 0 Å². The molecule has 2 aliphatic heterocycles. The summed E-state index contributed by atoms with van der Waals surface area (Å²) in [7, 11) is -2.31. The Labute approximate surface area is 296 Å². The molecule has 2 saturated carbocycles. The molecular weight excluding hydrogens is 678 g/mol. The van der Waals surface area contributed by atoms with E-state index < -0.39 is 73.9 Å². The van der Waals surface area contributed by atoms with Gasteiger partial charge in [0.25, 0.3) is 5.91 Å². The summed E-state index contributed by atoms with van der Waals surface area (Å²) in [5, 5.41) is 21.0. The Hall–Kier alpha value is -4.80. The van der Waals surface area contributed by atoms with Gasteiger partial charge >= 0.3 is 6.03 Å². The summed E-state index contributed by atoms with van der Waals surface area (Å²) in [6.07, 6.45) is 7.86. The van der Waals surface area contributed by atoms with Gasteiger partial charge in [-0.05, 0) is 67.4 Å². The van der Waals surface area contributed by atoms with Crippen molar-refractivity contribution in [3.8, 4) is 11.4 Å². The van der Waals surface area contributed by atoms with Gasteiger partial charge in [0.1, 0.15) is 23.4 Å². The fourth-order valence-electron chi connectivity index (χ4n) is 6.64. The zero-order chi connectivity index (χ0) is 36.7. The molecule has 0 unspecified atom stereocenters. The number of allylic oxidation sites excluding steroid dienone is 1. The van der Waals surface area contributed by atoms with Crippen LogP contribution in [0.5, 0.6) is 5.75 Å². The van der Waals surface area contributed by atoms with E-state index in [2.05, 4.69) is 42.7 Å². The molecule has 17 heteroatoms. The van der Waals surface area contributed by atoms with Gasteiger partial charge in [-0.15, -0.1) is 21.6 Å². The summed E-state index contributed by atoms with van der Waals surface area (Å²) in [5.74, 6) is -2.09. The van der Waals surface area contributed by atoms with E-state index in [0.717, 1.165) is 5.56 Å². The van der Waals surface area contributed by atoms with E-state index in [9.17, 15) is 27.6 Å². The summed E-state index contributed by atoms with van der Waals surface area (Å²) in [4.78, 5) is 58.0. The monoisotopic (exact) mass is 723 g/mol. The molecular formula is C34H45N9O7S. The molecule has 1 aromatic carbocycles. The van der Waals surface area contributed by atoms with E-state index >= 15 is 0 Å². The zero-order valence-corrected chi connectivity index (χ0v) is 30.0. The minimum atomic E-state index is -3.89. The Morgan fingerprint density at radius 1 is 1.20 bits per heavy atom. The molecule has 4 N–H and O–H groups in total. The van der Waals surface area contributed by atoms with Gasteiger partial charge < -0.3 is 25.6 Å². The maximum Gasteiger partial charge on any atom is 0.315 e. The summed E-state index contributed by atoms with van der Waals surface area (Å²) >= 11 is 0. The van der Waals surface area contributed by atoms with E-state index in [1.54, 1.807) is 19.2 Å². The number of amides is 5. The van der Waals surface area contributed by atoms with E-state index in [0.29, 0.717) is 49.5 Å². The second-order valence-electron chi connectivity index (χ2n) is 14.7. The summed E-state index contributed by atoms with van der Waals surface area (Å²) < 4.78 is 33.0. The van der Waals surface area contributed by atoms with Crippen molar-refractivity contribution >= 4 is 39.9 Å². The molecule has 3 fully saturated rings. The van der Waals surface area contributed by atoms with Crippen molar-refractivity contribution in [2.45, 2.75) is 88.1 Å². The number of nitrogens with zero attached hydrogens (tertiary/aromatic N) is 5. The van der Waals surface area contributed by atoms with Crippen LogP contribution in [0.1, 0.15) is 76.6 Å². The van der Waals surface area contributed by atoms with Gasteiger partial charge in [0.05, 0.1) is 18.0 Å². The first-order valence-corrected chi connectivity index (χ1v) is 18.7. The van der Waals surface area contributed by atoms with Crippen molar-refractivity contribution in [2.75, 3.05) is 20.2 Å². The Bertz CT molecular complexity index is 1870. The molecule has 2 aromatic rings. The van der Waals surface area contributed by atoms with Crippen LogP contribution in [0.3, 0.4) is 0 Å². The van der Waals surface area contributed by atoms with Crippen LogP contribution >= 0.6 is 0 Å². The topological polar surface area (TPSA) is 207 Å². The number of aromatic nitrogens is 4. The van der Waals surface area contributed by atoms with Crippen LogP contribution < -0.4 is 25.4 Å². The lowest BCUT2D eigenvalue weighted by Crippen LogP contribution is -2.61. The third-order valence-corrected chi connectivity index (χ3v) is 11.7. The Morgan fingerprint density at radius 2 is 1.96 bits per heavy atom. The Kier molecular flexibility index (Phi) is 9.69. The number of methoxy groups -OCH3 is 1. The lowest BCUT2D eigenvalue weighted by molar-refractivity contribution is -0.142. The largest absolute Gasteiger partial charge is 0.496 e. The van der Waals surface area contributed by atoms with E-state index in [1.165, 1.54) is 15.8 Å². The lowest BCUT2D eigenvalue weighted by Gasteiger charge is -2.35. The van der Waals surface area contributed by atoms with E-state index in [-0.39, 0.29) is 19.4 Å². The first kappa shape index (κ1) is 36.0. The second-order valence-corrected chi connectivity index (χ2v) is 16.7. The highest BCUT2D eigenvalue weighted by molar-refractivity contribution is 7.91. The minimum Gasteiger partial charge on any atom is -0.496 e. The lowest BCUT2D eigenvalue weighted by atomic mass is 9.85. The number of rotatable bonds is 7. The molecule has 2 aliphatic carbocycles. The molecule has 5 amide bonds. The molecule has 51 heavy (non-hydrogen) atoms. The van der Waals surface area contributed by atoms with Crippen LogP contribution in [-0.4, -0.2) is 100 Å². The average molecular weight is 724 g/mol. The molecule has 6 bridgehead atoms. The normalized spacial score (nSPS) is 27.5. The zero-order valence-electron chi connectivity index (χ0n) is 29.2. The number of hydrogen-bond acceptors (Lipinski definition) is 10. The third kappa shape index (κ3) is 7.48. The number of tetrazole rings is 1. The van der Waals surface area contributed by atoms with Gasteiger partial charge in [0.2, 0.25) is 21.8 Å². The van der Waals surface area contributed by atoms with Crippen molar-refractivity contribution in [2.24, 2.45) is 11.3 Å². The highest BCUT2D eigenvalue weighted by Crippen LogP contribution is 2.46. The van der Waals surface area contributed by atoms with Crippen LogP contribution in [0.4, 0.5) is 4.79 Å². The molecule has 4 aliphatic rings. The average Bonchev–Trinajstić information content (AvgIpc) is 3.96. The second kappa shape index (κ2) is 13.7. The van der Waals surface area contributed by atoms with Gasteiger partial charge in [0.15, 0.2) is 5.82 Å². The first-order chi connectivity index (χ1) is 24.2. The quantitative estimate of drug-likeness (QED) is 0.303. The van der Waals surface area contributed by atoms with Gasteiger partial charge in [0, 0.05) is 30.5 Å². The van der Waals surface area contributed by atoms with Gasteiger partial charge in [-0.3, -0.25) is 19.1 Å². The fraction of sp³-hybridized carbons (Fsp3) is 0.559. The Balaban J connectivity index is 1.34. The first-order valence-electron chi connectivity index (χ1n) is 17.2. The number of nitrogens with one attached hydrogen (secondary N) is 4. The van der Waals surface area contributed by atoms with Crippen molar-refractivity contribution in [3.05, 3.63) is 48.3 Å². The van der Waals surface area contributed by atoms with Gasteiger partial charge in [-0.1, -0.05) is 39.0 Å². The van der Waals surface area contributed by atoms with Gasteiger partial charge in [-0.2, -0.15) is 0 Å². The number of carbonyl (C=O) groups excluding carboxylic acids is 4. The molecule has 1 saturated heterocycles. The standard InChI is InChI=1S/C34H45N9O7S/c1-6-22-18-34(22,31(46)40-51(48,49)24-12-13-24)37-29(44)25-17-21-19-42(25)30(45)27(33(2,3)4)36-32(47)35-15-9-7-8-10-20-16-23(11-14-26(20)50-5)43-39-28(21)38-41-43/h6,8,10-11,14,16,21-22,24-25,27H,1,7,9,12-13,15,17-19H2,2-5H3,(H,37,44)(H,40,46)(H2,35,36,47)/b10-8+/t21-,22-,25+,27-,34-/m1/s1. The SMILES string of the molecule is C=C[C@@H]1C[C@]1(NC(=O)[C@@H]1C[C@@H]2CN1C(=O)[C@H](C(C)(C)C)NC(=O)NCCC/C=C/c1cc(ccc1OC)-n1nnc2n1)C(=O)NS(=O)(=O)C1CC1. The highest BCUT2D eigenvalue weighted by Gasteiger charge is 2.62. The maximum absolute atomic E-state index is 14.4. The summed E-state index contributed by atoms with van der Waals surface area (Å²) in [6.45, 7) is 9.58. The van der Waals surface area contributed by atoms with Crippen molar-refractivity contribution in [1.29, 1.82) is 0 Å². The van der Waals surface area contributed by atoms with Crippen LogP contribution in [0.15, 0.2) is 36.9 Å². The van der Waals surface area contributed by atoms with E-state index in [4.69, 9.17) is 4.74 Å². The number of carbonyl (C=O) groups is 4. The van der Waals surface area contributed by atoms with Crippen LogP contribution in [0.25, 0.3) is 11.8 Å². The fourth-order valence-corrected chi connectivity index (χ4v) is 8.00. The molecule has 5 atom stereocenters. The number of hydrogen-bond donors (Lipinski definition) is 4. The van der Waals surface area contributed by atoms with Crippen molar-refractivity contribution in [1.82, 2.24) is 45.8 Å². The molecule has 0 spiro atoms. The molecule has 274 valence electrons. The predicted molar refractivity (Wildman–Crippen MR) is 186 cm³/mol. The number of benzene rings is 1. The summed E-state index contributed by atoms with van der Waals surface area (Å²) in [5.41, 5.74) is -0.889. The maximum atomic E-state index is 14.4. The van der Waals surface area contributed by atoms with Crippen LogP contribution in [-0.2, 0) is 24.4 Å². The number of ether oxygens (including phenoxy) is 1. The molecule has 1 aromatic heterocycles. The molecule has 6 rings (SSSR count).